The van der Waals surface area contributed by atoms with Crippen LogP contribution in [0.2, 0.25) is 5.02 Å². The second-order valence-corrected chi connectivity index (χ2v) is 6.00. The summed E-state index contributed by atoms with van der Waals surface area (Å²) in [5, 5.41) is 11.2. The van der Waals surface area contributed by atoms with Gasteiger partial charge in [0.25, 0.3) is 0 Å². The Balaban J connectivity index is 1.90. The zero-order valence-electron chi connectivity index (χ0n) is 10.9. The average Bonchev–Trinajstić information content (AvgIpc) is 2.75. The normalized spacial score (nSPS) is 13.3. The molecular weight excluding hydrogens is 284 g/mol. The number of ether oxygens (including phenoxy) is 1. The van der Waals surface area contributed by atoms with Crippen molar-refractivity contribution in [2.75, 3.05) is 12.4 Å². The fraction of sp³-hybridized carbons (Fsp3) is 0.462. The zero-order valence-corrected chi connectivity index (χ0v) is 12.5. The minimum Gasteiger partial charge on any atom is -0.390 e. The van der Waals surface area contributed by atoms with E-state index in [1.165, 1.54) is 11.8 Å². The molecule has 0 saturated heterocycles. The molecule has 1 atom stereocenters. The Bertz CT molecular complexity index is 544. The SMILES string of the molecule is CC(C)OCC(O)CSc1nc2ccc(Cl)cc2[nH]1. The van der Waals surface area contributed by atoms with Crippen LogP contribution in [0, 0.1) is 0 Å². The lowest BCUT2D eigenvalue weighted by Gasteiger charge is -2.12. The third-order valence-corrected chi connectivity index (χ3v) is 3.71. The molecule has 1 unspecified atom stereocenters. The van der Waals surface area contributed by atoms with Gasteiger partial charge in [0.1, 0.15) is 0 Å². The highest BCUT2D eigenvalue weighted by atomic mass is 35.5. The molecular formula is C13H17ClN2O2S. The molecule has 1 heterocycles. The number of thioether (sulfide) groups is 1. The summed E-state index contributed by atoms with van der Waals surface area (Å²) in [5.41, 5.74) is 1.78. The highest BCUT2D eigenvalue weighted by molar-refractivity contribution is 7.99. The van der Waals surface area contributed by atoms with E-state index in [9.17, 15) is 5.11 Å². The van der Waals surface area contributed by atoms with Crippen molar-refractivity contribution in [3.8, 4) is 0 Å². The summed E-state index contributed by atoms with van der Waals surface area (Å²) in [5.74, 6) is 0.542. The van der Waals surface area contributed by atoms with Gasteiger partial charge < -0.3 is 14.8 Å². The van der Waals surface area contributed by atoms with Crippen LogP contribution >= 0.6 is 23.4 Å². The second-order valence-electron chi connectivity index (χ2n) is 4.55. The van der Waals surface area contributed by atoms with Crippen LogP contribution in [-0.2, 0) is 4.74 Å². The van der Waals surface area contributed by atoms with Crippen molar-refractivity contribution < 1.29 is 9.84 Å². The van der Waals surface area contributed by atoms with Crippen LogP contribution in [0.4, 0.5) is 0 Å². The van der Waals surface area contributed by atoms with Crippen LogP contribution in [0.5, 0.6) is 0 Å². The van der Waals surface area contributed by atoms with E-state index >= 15 is 0 Å². The molecule has 0 aliphatic heterocycles. The fourth-order valence-electron chi connectivity index (χ4n) is 1.55. The van der Waals surface area contributed by atoms with Crippen LogP contribution in [0.25, 0.3) is 11.0 Å². The van der Waals surface area contributed by atoms with Gasteiger partial charge in [0.05, 0.1) is 29.8 Å². The lowest BCUT2D eigenvalue weighted by atomic mass is 10.3. The van der Waals surface area contributed by atoms with E-state index in [1.54, 1.807) is 0 Å². The van der Waals surface area contributed by atoms with Crippen molar-refractivity contribution in [2.24, 2.45) is 0 Å². The van der Waals surface area contributed by atoms with Gasteiger partial charge in [-0.15, -0.1) is 0 Å². The molecule has 0 aliphatic rings. The smallest absolute Gasteiger partial charge is 0.166 e. The first-order valence-corrected chi connectivity index (χ1v) is 7.48. The number of aliphatic hydroxyl groups is 1. The fourth-order valence-corrected chi connectivity index (χ4v) is 2.52. The topological polar surface area (TPSA) is 58.1 Å². The molecule has 0 radical (unpaired) electrons. The summed E-state index contributed by atoms with van der Waals surface area (Å²) in [6, 6.07) is 5.52. The Morgan fingerprint density at radius 1 is 1.47 bits per heavy atom. The molecule has 1 aromatic carbocycles. The quantitative estimate of drug-likeness (QED) is 0.805. The standard InChI is InChI=1S/C13H17ClN2O2S/c1-8(2)18-6-10(17)7-19-13-15-11-4-3-9(14)5-12(11)16-13/h3-5,8,10,17H,6-7H2,1-2H3,(H,15,16). The monoisotopic (exact) mass is 300 g/mol. The molecule has 6 heteroatoms. The molecule has 0 aliphatic carbocycles. The van der Waals surface area contributed by atoms with Gasteiger partial charge >= 0.3 is 0 Å². The maximum Gasteiger partial charge on any atom is 0.166 e. The van der Waals surface area contributed by atoms with Gasteiger partial charge in [0, 0.05) is 10.8 Å². The van der Waals surface area contributed by atoms with Gasteiger partial charge in [-0.05, 0) is 32.0 Å². The number of hydrogen-bond acceptors (Lipinski definition) is 4. The van der Waals surface area contributed by atoms with E-state index < -0.39 is 6.10 Å². The second kappa shape index (κ2) is 6.61. The molecule has 1 aromatic heterocycles. The van der Waals surface area contributed by atoms with Crippen molar-refractivity contribution in [2.45, 2.75) is 31.2 Å². The van der Waals surface area contributed by atoms with Crippen molar-refractivity contribution in [3.05, 3.63) is 23.2 Å². The molecule has 0 spiro atoms. The number of fused-ring (bicyclic) bond motifs is 1. The van der Waals surface area contributed by atoms with Gasteiger partial charge in [-0.2, -0.15) is 0 Å². The van der Waals surface area contributed by atoms with Crippen LogP contribution in [-0.4, -0.2) is 39.6 Å². The number of aromatic nitrogens is 2. The summed E-state index contributed by atoms with van der Waals surface area (Å²) in [7, 11) is 0. The van der Waals surface area contributed by atoms with Crippen LogP contribution in [0.15, 0.2) is 23.4 Å². The minimum absolute atomic E-state index is 0.132. The highest BCUT2D eigenvalue weighted by Gasteiger charge is 2.09. The van der Waals surface area contributed by atoms with Gasteiger partial charge in [-0.3, -0.25) is 0 Å². The number of halogens is 1. The average molecular weight is 301 g/mol. The number of nitrogens with zero attached hydrogens (tertiary/aromatic N) is 1. The zero-order chi connectivity index (χ0) is 13.8. The van der Waals surface area contributed by atoms with Crippen molar-refractivity contribution in [1.82, 2.24) is 9.97 Å². The number of rotatable bonds is 6. The van der Waals surface area contributed by atoms with Gasteiger partial charge in [0.2, 0.25) is 0 Å². The van der Waals surface area contributed by atoms with E-state index in [1.807, 2.05) is 32.0 Å². The molecule has 104 valence electrons. The molecule has 2 rings (SSSR count). The van der Waals surface area contributed by atoms with E-state index in [2.05, 4.69) is 9.97 Å². The third kappa shape index (κ3) is 4.38. The van der Waals surface area contributed by atoms with Gasteiger partial charge in [-0.25, -0.2) is 4.98 Å². The first kappa shape index (κ1) is 14.7. The van der Waals surface area contributed by atoms with E-state index in [0.29, 0.717) is 17.4 Å². The molecule has 19 heavy (non-hydrogen) atoms. The molecule has 2 N–H and O–H groups in total. The van der Waals surface area contributed by atoms with Crippen molar-refractivity contribution in [3.63, 3.8) is 0 Å². The van der Waals surface area contributed by atoms with E-state index in [-0.39, 0.29) is 6.10 Å². The summed E-state index contributed by atoms with van der Waals surface area (Å²) in [6.07, 6.45) is -0.364. The van der Waals surface area contributed by atoms with E-state index in [0.717, 1.165) is 16.2 Å². The minimum atomic E-state index is -0.496. The molecule has 0 bridgehead atoms. The number of nitrogens with one attached hydrogen (secondary N) is 1. The maximum atomic E-state index is 9.77. The van der Waals surface area contributed by atoms with Crippen molar-refractivity contribution in [1.29, 1.82) is 0 Å². The molecule has 4 nitrogen and oxygen atoms in total. The summed E-state index contributed by atoms with van der Waals surface area (Å²) in [6.45, 7) is 4.24. The summed E-state index contributed by atoms with van der Waals surface area (Å²) >= 11 is 7.39. The highest BCUT2D eigenvalue weighted by Crippen LogP contribution is 2.22. The van der Waals surface area contributed by atoms with E-state index in [4.69, 9.17) is 16.3 Å². The Labute approximate surface area is 121 Å². The Kier molecular flexibility index (Phi) is 5.10. The molecule has 0 fully saturated rings. The number of benzene rings is 1. The molecule has 0 saturated carbocycles. The molecule has 0 amide bonds. The number of aromatic amines is 1. The number of H-pyrrole nitrogens is 1. The van der Waals surface area contributed by atoms with Crippen LogP contribution in [0.3, 0.4) is 0 Å². The Morgan fingerprint density at radius 2 is 2.26 bits per heavy atom. The lowest BCUT2D eigenvalue weighted by molar-refractivity contribution is 0.0152. The predicted octanol–water partition coefficient (Wildman–Crippen LogP) is 3.09. The summed E-state index contributed by atoms with van der Waals surface area (Å²) < 4.78 is 5.36. The van der Waals surface area contributed by atoms with Gasteiger partial charge in [0.15, 0.2) is 5.16 Å². The number of aliphatic hydroxyl groups excluding tert-OH is 1. The Morgan fingerprint density at radius 3 is 3.00 bits per heavy atom. The first-order valence-electron chi connectivity index (χ1n) is 6.12. The maximum absolute atomic E-state index is 9.77. The summed E-state index contributed by atoms with van der Waals surface area (Å²) in [4.78, 5) is 7.59. The predicted molar refractivity (Wildman–Crippen MR) is 78.9 cm³/mol. The largest absolute Gasteiger partial charge is 0.390 e. The van der Waals surface area contributed by atoms with Gasteiger partial charge in [-0.1, -0.05) is 23.4 Å². The van der Waals surface area contributed by atoms with Crippen molar-refractivity contribution >= 4 is 34.4 Å². The lowest BCUT2D eigenvalue weighted by Crippen LogP contribution is -2.20. The Hall–Kier alpha value is -0.750. The first-order chi connectivity index (χ1) is 9.04. The number of hydrogen-bond donors (Lipinski definition) is 2. The number of imidazole rings is 1. The van der Waals surface area contributed by atoms with Crippen LogP contribution in [0.1, 0.15) is 13.8 Å². The van der Waals surface area contributed by atoms with Crippen LogP contribution < -0.4 is 0 Å². The molecule has 2 aromatic rings. The third-order valence-electron chi connectivity index (χ3n) is 2.46.